The van der Waals surface area contributed by atoms with Crippen LogP contribution in [0.5, 0.6) is 5.88 Å². The van der Waals surface area contributed by atoms with Crippen molar-refractivity contribution in [3.63, 3.8) is 0 Å². The molecule has 4 heterocycles. The van der Waals surface area contributed by atoms with Gasteiger partial charge in [0.2, 0.25) is 17.7 Å². The van der Waals surface area contributed by atoms with Crippen LogP contribution in [0.15, 0.2) is 17.1 Å². The minimum absolute atomic E-state index is 0.0976. The maximum atomic E-state index is 12.6. The van der Waals surface area contributed by atoms with Crippen LogP contribution in [-0.2, 0) is 16.0 Å². The largest absolute Gasteiger partial charge is 0.480 e. The van der Waals surface area contributed by atoms with E-state index in [2.05, 4.69) is 30.0 Å². The molecule has 0 saturated carbocycles. The highest BCUT2D eigenvalue weighted by Gasteiger charge is 2.17. The zero-order valence-electron chi connectivity index (χ0n) is 19.4. The molecule has 0 spiro atoms. The molecular weight excluding hydrogens is 460 g/mol. The minimum Gasteiger partial charge on any atom is -0.480 e. The summed E-state index contributed by atoms with van der Waals surface area (Å²) in [5.41, 5.74) is 1.66. The van der Waals surface area contributed by atoms with Gasteiger partial charge in [-0.2, -0.15) is 4.37 Å². The van der Waals surface area contributed by atoms with Crippen molar-refractivity contribution >= 4 is 23.4 Å². The van der Waals surface area contributed by atoms with Crippen LogP contribution < -0.4 is 20.5 Å². The van der Waals surface area contributed by atoms with E-state index < -0.39 is 0 Å². The van der Waals surface area contributed by atoms with Crippen LogP contribution in [0, 0.1) is 6.92 Å². The van der Waals surface area contributed by atoms with E-state index in [1.54, 1.807) is 24.8 Å². The van der Waals surface area contributed by atoms with Gasteiger partial charge in [-0.25, -0.2) is 9.67 Å². The van der Waals surface area contributed by atoms with Crippen LogP contribution in [0.4, 0.5) is 5.95 Å². The molecule has 1 aliphatic heterocycles. The van der Waals surface area contributed by atoms with Crippen LogP contribution in [0.2, 0.25) is 0 Å². The highest BCUT2D eigenvalue weighted by molar-refractivity contribution is 7.09. The number of aryl methyl sites for hydroxylation is 1. The first-order valence-corrected chi connectivity index (χ1v) is 11.8. The average molecular weight is 489 g/mol. The fourth-order valence-electron chi connectivity index (χ4n) is 3.58. The molecule has 4 rings (SSSR count). The number of nitrogens with one attached hydrogen (secondary N) is 2. The van der Waals surface area contributed by atoms with Gasteiger partial charge in [-0.15, -0.1) is 5.10 Å². The van der Waals surface area contributed by atoms with Crippen molar-refractivity contribution in [1.29, 1.82) is 0 Å². The topological polar surface area (TPSA) is 140 Å². The van der Waals surface area contributed by atoms with Crippen molar-refractivity contribution in [2.75, 3.05) is 44.9 Å². The number of ether oxygens (including phenoxy) is 2. The first-order valence-electron chi connectivity index (χ1n) is 11.1. The van der Waals surface area contributed by atoms with Gasteiger partial charge in [-0.3, -0.25) is 14.6 Å². The van der Waals surface area contributed by atoms with E-state index in [1.807, 2.05) is 18.0 Å². The number of carbonyl (C=O) groups excluding carboxylic acids is 1. The summed E-state index contributed by atoms with van der Waals surface area (Å²) in [7, 11) is 1.56. The maximum absolute atomic E-state index is 12.6. The van der Waals surface area contributed by atoms with E-state index in [9.17, 15) is 9.59 Å². The first-order chi connectivity index (χ1) is 16.4. The number of nitrogens with zero attached hydrogens (tertiary/aromatic N) is 6. The van der Waals surface area contributed by atoms with Gasteiger partial charge in [0.15, 0.2) is 0 Å². The van der Waals surface area contributed by atoms with Gasteiger partial charge in [0.25, 0.3) is 5.56 Å². The van der Waals surface area contributed by atoms with Gasteiger partial charge in [0.1, 0.15) is 5.69 Å². The lowest BCUT2D eigenvalue weighted by Gasteiger charge is -2.27. The van der Waals surface area contributed by atoms with Gasteiger partial charge in [0, 0.05) is 43.4 Å². The van der Waals surface area contributed by atoms with Gasteiger partial charge >= 0.3 is 0 Å². The maximum Gasteiger partial charge on any atom is 0.255 e. The number of H-pyrrole nitrogens is 1. The Morgan fingerprint density at radius 3 is 2.88 bits per heavy atom. The summed E-state index contributed by atoms with van der Waals surface area (Å²) in [4.78, 5) is 35.2. The number of amides is 1. The molecular formula is C21H28N8O4S. The van der Waals surface area contributed by atoms with E-state index in [0.717, 1.165) is 4.88 Å². The molecule has 0 bridgehead atoms. The third-order valence-electron chi connectivity index (χ3n) is 5.63. The van der Waals surface area contributed by atoms with Gasteiger partial charge in [0.05, 0.1) is 37.4 Å². The number of hydrogen-bond donors (Lipinski definition) is 2. The van der Waals surface area contributed by atoms with Gasteiger partial charge in [-0.05, 0) is 31.8 Å². The summed E-state index contributed by atoms with van der Waals surface area (Å²) >= 11 is 1.28. The molecule has 1 saturated heterocycles. The number of aromatic nitrogens is 6. The molecule has 3 aromatic heterocycles. The molecule has 1 aliphatic rings. The molecule has 12 nitrogen and oxygen atoms in total. The Labute approximate surface area is 200 Å². The van der Waals surface area contributed by atoms with Crippen molar-refractivity contribution in [3.05, 3.63) is 33.9 Å². The summed E-state index contributed by atoms with van der Waals surface area (Å²) in [5, 5.41) is 11.2. The van der Waals surface area contributed by atoms with Crippen molar-refractivity contribution < 1.29 is 14.3 Å². The third kappa shape index (κ3) is 5.59. The molecule has 1 amide bonds. The van der Waals surface area contributed by atoms with Crippen LogP contribution in [0.1, 0.15) is 30.6 Å². The van der Waals surface area contributed by atoms with E-state index in [-0.39, 0.29) is 23.9 Å². The molecule has 1 atom stereocenters. The molecule has 0 aromatic carbocycles. The quantitative estimate of drug-likeness (QED) is 0.450. The second-order valence-corrected chi connectivity index (χ2v) is 8.83. The van der Waals surface area contributed by atoms with E-state index in [0.29, 0.717) is 68.0 Å². The summed E-state index contributed by atoms with van der Waals surface area (Å²) in [6.07, 6.45) is 2.32. The zero-order chi connectivity index (χ0) is 24.1. The standard InChI is InChI=1S/C21H28N8O4S/c1-13(29-12-16(25-27-29)17-10-19(32-3)26-34-17)11-22-18(30)5-4-15-14(2)23-21(24-20(15)31)28-6-8-33-9-7-28/h10,12-13H,4-9,11H2,1-3H3,(H,22,30)(H,23,24,31). The van der Waals surface area contributed by atoms with Crippen LogP contribution in [0.25, 0.3) is 10.6 Å². The Hall–Kier alpha value is -3.32. The molecule has 1 fully saturated rings. The fraction of sp³-hybridized carbons (Fsp3) is 0.524. The number of aromatic amines is 1. The summed E-state index contributed by atoms with van der Waals surface area (Å²) in [5.74, 6) is 0.946. The zero-order valence-corrected chi connectivity index (χ0v) is 20.2. The summed E-state index contributed by atoms with van der Waals surface area (Å²) in [6, 6.07) is 1.71. The highest BCUT2D eigenvalue weighted by Crippen LogP contribution is 2.26. The lowest BCUT2D eigenvalue weighted by molar-refractivity contribution is -0.121. The smallest absolute Gasteiger partial charge is 0.255 e. The monoisotopic (exact) mass is 488 g/mol. The Bertz CT molecular complexity index is 1180. The van der Waals surface area contributed by atoms with E-state index in [4.69, 9.17) is 9.47 Å². The summed E-state index contributed by atoms with van der Waals surface area (Å²) in [6.45, 7) is 6.72. The third-order valence-corrected chi connectivity index (χ3v) is 6.42. The number of hydrogen-bond acceptors (Lipinski definition) is 10. The average Bonchev–Trinajstić information content (AvgIpc) is 3.52. The Kier molecular flexibility index (Phi) is 7.53. The number of morpholine rings is 1. The van der Waals surface area contributed by atoms with Gasteiger partial charge in [-0.1, -0.05) is 5.21 Å². The number of anilines is 1. The van der Waals surface area contributed by atoms with Crippen molar-refractivity contribution in [2.24, 2.45) is 0 Å². The van der Waals surface area contributed by atoms with E-state index in [1.165, 1.54) is 11.5 Å². The second kappa shape index (κ2) is 10.7. The Balaban J connectivity index is 1.28. The normalized spacial score (nSPS) is 14.7. The van der Waals surface area contributed by atoms with Crippen molar-refractivity contribution in [3.8, 4) is 16.5 Å². The molecule has 13 heteroatoms. The second-order valence-electron chi connectivity index (χ2n) is 8.02. The molecule has 0 aliphatic carbocycles. The SMILES string of the molecule is COc1cc(-c2cn(C(C)CNC(=O)CCc3c(C)nc(N4CCOCC4)[nH]c3=O)nn2)sn1. The van der Waals surface area contributed by atoms with Crippen LogP contribution in [0.3, 0.4) is 0 Å². The predicted molar refractivity (Wildman–Crippen MR) is 126 cm³/mol. The predicted octanol–water partition coefficient (Wildman–Crippen LogP) is 0.949. The minimum atomic E-state index is -0.204. The molecule has 34 heavy (non-hydrogen) atoms. The molecule has 2 N–H and O–H groups in total. The van der Waals surface area contributed by atoms with Crippen molar-refractivity contribution in [1.82, 2.24) is 34.7 Å². The Morgan fingerprint density at radius 1 is 1.38 bits per heavy atom. The molecule has 182 valence electrons. The van der Waals surface area contributed by atoms with Crippen LogP contribution in [-0.4, -0.2) is 75.2 Å². The number of carbonyl (C=O) groups is 1. The van der Waals surface area contributed by atoms with Crippen molar-refractivity contribution in [2.45, 2.75) is 32.7 Å². The summed E-state index contributed by atoms with van der Waals surface area (Å²) < 4.78 is 16.3. The van der Waals surface area contributed by atoms with Gasteiger partial charge < -0.3 is 19.7 Å². The Morgan fingerprint density at radius 2 is 2.18 bits per heavy atom. The van der Waals surface area contributed by atoms with Crippen LogP contribution >= 0.6 is 11.5 Å². The fourth-order valence-corrected chi connectivity index (χ4v) is 4.23. The number of rotatable bonds is 9. The number of methoxy groups -OCH3 is 1. The lowest BCUT2D eigenvalue weighted by Crippen LogP contribution is -2.38. The molecule has 0 radical (unpaired) electrons. The molecule has 1 unspecified atom stereocenters. The van der Waals surface area contributed by atoms with E-state index >= 15 is 0 Å². The first kappa shape index (κ1) is 23.8. The lowest BCUT2D eigenvalue weighted by atomic mass is 10.1. The molecule has 3 aromatic rings. The highest BCUT2D eigenvalue weighted by atomic mass is 32.1.